The van der Waals surface area contributed by atoms with Crippen molar-refractivity contribution in [1.82, 2.24) is 5.32 Å². The van der Waals surface area contributed by atoms with Crippen LogP contribution in [0.4, 0.5) is 0 Å². The minimum Gasteiger partial charge on any atom is -0.393 e. The molecule has 4 unspecified atom stereocenters. The van der Waals surface area contributed by atoms with Crippen molar-refractivity contribution >= 4 is 17.9 Å². The summed E-state index contributed by atoms with van der Waals surface area (Å²) >= 11 is 0. The lowest BCUT2D eigenvalue weighted by atomic mass is 9.97. The first-order chi connectivity index (χ1) is 16.8. The zero-order valence-electron chi connectivity index (χ0n) is 21.5. The van der Waals surface area contributed by atoms with Crippen LogP contribution in [0.5, 0.6) is 0 Å². The Balaban J connectivity index is 1.99. The summed E-state index contributed by atoms with van der Waals surface area (Å²) in [6.45, 7) is 0.892. The fraction of sp³-hybridized carbons (Fsp3) is 0.875. The molecule has 204 valence electrons. The number of unbranched alkanes of at least 4 members (excludes halogenated alkanes) is 9. The van der Waals surface area contributed by atoms with Crippen molar-refractivity contribution in [2.75, 3.05) is 13.1 Å². The Morgan fingerprint density at radius 2 is 1.31 bits per heavy atom. The van der Waals surface area contributed by atoms with E-state index in [0.29, 0.717) is 18.9 Å². The first kappa shape index (κ1) is 30.8. The maximum atomic E-state index is 10.2. The van der Waals surface area contributed by atoms with Crippen LogP contribution in [-0.2, 0) is 0 Å². The first-order valence-corrected chi connectivity index (χ1v) is 13.3. The zero-order valence-corrected chi connectivity index (χ0v) is 21.5. The van der Waals surface area contributed by atoms with Gasteiger partial charge in [-0.15, -0.1) is 0 Å². The summed E-state index contributed by atoms with van der Waals surface area (Å²) in [5.74, 6) is 0.583. The molecule has 0 amide bonds. The molecule has 11 nitrogen and oxygen atoms in total. The van der Waals surface area contributed by atoms with E-state index in [9.17, 15) is 10.2 Å². The molecule has 11 heteroatoms. The number of nitrogens with one attached hydrogen (secondary N) is 1. The zero-order chi connectivity index (χ0) is 25.9. The Hall–Kier alpha value is -2.27. The summed E-state index contributed by atoms with van der Waals surface area (Å²) in [7, 11) is 0. The predicted octanol–water partition coefficient (Wildman–Crippen LogP) is 0.762. The number of aliphatic imine (C=N–C) groups is 3. The third kappa shape index (κ3) is 16.9. The van der Waals surface area contributed by atoms with Crippen molar-refractivity contribution < 1.29 is 10.2 Å². The number of aliphatic hydroxyl groups excluding tert-OH is 2. The molecule has 0 fully saturated rings. The summed E-state index contributed by atoms with van der Waals surface area (Å²) in [5, 5.41) is 23.5. The Morgan fingerprint density at radius 3 is 1.91 bits per heavy atom. The molecular weight excluding hydrogens is 446 g/mol. The molecule has 0 bridgehead atoms. The summed E-state index contributed by atoms with van der Waals surface area (Å²) < 4.78 is 0. The third-order valence-electron chi connectivity index (χ3n) is 6.39. The third-order valence-corrected chi connectivity index (χ3v) is 6.39. The van der Waals surface area contributed by atoms with Gasteiger partial charge in [-0.25, -0.2) is 4.99 Å². The molecule has 0 aromatic heterocycles. The molecule has 0 spiro atoms. The van der Waals surface area contributed by atoms with Crippen molar-refractivity contribution in [3.05, 3.63) is 0 Å². The van der Waals surface area contributed by atoms with E-state index < -0.39 is 6.10 Å². The van der Waals surface area contributed by atoms with Crippen molar-refractivity contribution in [2.45, 2.75) is 121 Å². The maximum absolute atomic E-state index is 10.2. The Kier molecular flexibility index (Phi) is 16.7. The minimum absolute atomic E-state index is 0.0239. The Bertz CT molecular complexity index is 634. The van der Waals surface area contributed by atoms with Crippen molar-refractivity contribution in [2.24, 2.45) is 43.6 Å². The average molecular weight is 498 g/mol. The molecule has 0 saturated carbocycles. The number of hydrogen-bond acceptors (Lipinski definition) is 7. The average Bonchev–Trinajstić information content (AvgIpc) is 3.14. The van der Waals surface area contributed by atoms with Gasteiger partial charge in [0.05, 0.1) is 30.8 Å². The van der Waals surface area contributed by atoms with Gasteiger partial charge in [0.1, 0.15) is 0 Å². The molecule has 0 saturated heterocycles. The van der Waals surface area contributed by atoms with Gasteiger partial charge in [-0.05, 0) is 32.1 Å². The lowest BCUT2D eigenvalue weighted by Gasteiger charge is -2.20. The highest BCUT2D eigenvalue weighted by Gasteiger charge is 2.28. The molecule has 0 aliphatic carbocycles. The predicted molar refractivity (Wildman–Crippen MR) is 145 cm³/mol. The van der Waals surface area contributed by atoms with E-state index in [0.717, 1.165) is 70.6 Å². The standard InChI is InChI=1S/C24H51N9O2/c25-22(26)30-15-11-7-2-1-4-8-12-18(34)13-9-5-3-6-10-14-20-21(33-24(29)32-20)16-19(35)17-31-23(27)28/h18-21,34-35H,1-17H2,(H4,25,26,30)(H4,27,28,31)(H3,29,32,33). The molecule has 0 aromatic carbocycles. The molecule has 35 heavy (non-hydrogen) atoms. The van der Waals surface area contributed by atoms with E-state index in [1.54, 1.807) is 0 Å². The normalized spacial score (nSPS) is 19.0. The van der Waals surface area contributed by atoms with Gasteiger partial charge in [0.2, 0.25) is 0 Å². The summed E-state index contributed by atoms with van der Waals surface area (Å²) in [5.41, 5.74) is 27.1. The fourth-order valence-corrected chi connectivity index (χ4v) is 4.46. The molecule has 0 radical (unpaired) electrons. The first-order valence-electron chi connectivity index (χ1n) is 13.3. The molecule has 1 heterocycles. The second-order valence-electron chi connectivity index (χ2n) is 9.70. The van der Waals surface area contributed by atoms with Crippen LogP contribution >= 0.6 is 0 Å². The second kappa shape index (κ2) is 19.0. The van der Waals surface area contributed by atoms with Crippen molar-refractivity contribution in [1.29, 1.82) is 0 Å². The van der Waals surface area contributed by atoms with E-state index in [1.807, 2.05) is 0 Å². The van der Waals surface area contributed by atoms with Gasteiger partial charge in [-0.2, -0.15) is 0 Å². The number of aliphatic hydroxyl groups is 2. The highest BCUT2D eigenvalue weighted by molar-refractivity contribution is 5.80. The molecule has 1 rings (SSSR count). The molecule has 4 atom stereocenters. The van der Waals surface area contributed by atoms with E-state index in [1.165, 1.54) is 19.3 Å². The summed E-state index contributed by atoms with van der Waals surface area (Å²) in [6.07, 6.45) is 14.9. The summed E-state index contributed by atoms with van der Waals surface area (Å²) in [6, 6.07) is 0.0861. The quantitative estimate of drug-likeness (QED) is 0.0641. The summed E-state index contributed by atoms with van der Waals surface area (Å²) in [4.78, 5) is 12.3. The molecule has 13 N–H and O–H groups in total. The van der Waals surface area contributed by atoms with E-state index >= 15 is 0 Å². The minimum atomic E-state index is -0.644. The van der Waals surface area contributed by atoms with Gasteiger partial charge in [-0.3, -0.25) is 9.98 Å². The molecule has 1 aliphatic heterocycles. The lowest BCUT2D eigenvalue weighted by molar-refractivity contribution is 0.147. The second-order valence-corrected chi connectivity index (χ2v) is 9.70. The van der Waals surface area contributed by atoms with Gasteiger partial charge in [-0.1, -0.05) is 64.2 Å². The van der Waals surface area contributed by atoms with Crippen LogP contribution in [0.1, 0.15) is 96.3 Å². The van der Waals surface area contributed by atoms with Gasteiger partial charge in [0.25, 0.3) is 0 Å². The van der Waals surface area contributed by atoms with Crippen LogP contribution in [0.3, 0.4) is 0 Å². The van der Waals surface area contributed by atoms with Crippen LogP contribution in [0.25, 0.3) is 0 Å². The SMILES string of the molecule is NC(N)=NCCCCCCCCC(O)CCCCCCCC1NC(N)=NC1CC(O)CN=C(N)N. The number of guanidine groups is 3. The van der Waals surface area contributed by atoms with Gasteiger partial charge in [0, 0.05) is 6.54 Å². The van der Waals surface area contributed by atoms with Crippen LogP contribution in [-0.4, -0.2) is 65.5 Å². The van der Waals surface area contributed by atoms with E-state index in [4.69, 9.17) is 28.7 Å². The molecule has 1 aliphatic rings. The van der Waals surface area contributed by atoms with Crippen LogP contribution in [0, 0.1) is 0 Å². The van der Waals surface area contributed by atoms with E-state index in [-0.39, 0.29) is 36.7 Å². The Morgan fingerprint density at radius 1 is 0.771 bits per heavy atom. The number of nitrogens with zero attached hydrogens (tertiary/aromatic N) is 3. The number of hydrogen-bond donors (Lipinski definition) is 8. The molecular formula is C24H51N9O2. The van der Waals surface area contributed by atoms with Gasteiger partial charge in [0.15, 0.2) is 17.9 Å². The van der Waals surface area contributed by atoms with Crippen LogP contribution in [0.15, 0.2) is 15.0 Å². The molecule has 0 aromatic rings. The van der Waals surface area contributed by atoms with Crippen molar-refractivity contribution in [3.8, 4) is 0 Å². The topological polar surface area (TPSA) is 220 Å². The van der Waals surface area contributed by atoms with Gasteiger partial charge >= 0.3 is 0 Å². The van der Waals surface area contributed by atoms with E-state index in [2.05, 4.69) is 20.3 Å². The Labute approximate surface area is 211 Å². The number of nitrogens with two attached hydrogens (primary N) is 5. The van der Waals surface area contributed by atoms with Crippen LogP contribution in [0.2, 0.25) is 0 Å². The highest BCUT2D eigenvalue weighted by atomic mass is 16.3. The fourth-order valence-electron chi connectivity index (χ4n) is 4.46. The van der Waals surface area contributed by atoms with Gasteiger partial charge < -0.3 is 44.2 Å². The highest BCUT2D eigenvalue weighted by Crippen LogP contribution is 2.19. The number of rotatable bonds is 21. The maximum Gasteiger partial charge on any atom is 0.189 e. The largest absolute Gasteiger partial charge is 0.393 e. The van der Waals surface area contributed by atoms with Crippen LogP contribution < -0.4 is 34.0 Å². The lowest BCUT2D eigenvalue weighted by Crippen LogP contribution is -2.39. The monoisotopic (exact) mass is 497 g/mol. The smallest absolute Gasteiger partial charge is 0.189 e. The van der Waals surface area contributed by atoms with Crippen molar-refractivity contribution in [3.63, 3.8) is 0 Å².